The number of thiazole rings is 1. The summed E-state index contributed by atoms with van der Waals surface area (Å²) in [6.07, 6.45) is 6.91. The summed E-state index contributed by atoms with van der Waals surface area (Å²) in [5, 5.41) is 6.38. The second-order valence-electron chi connectivity index (χ2n) is 6.30. The quantitative estimate of drug-likeness (QED) is 0.924. The molecule has 1 saturated heterocycles. The third-order valence-corrected chi connectivity index (χ3v) is 5.24. The molecule has 0 radical (unpaired) electrons. The lowest BCUT2D eigenvalue weighted by Crippen LogP contribution is -2.35. The van der Waals surface area contributed by atoms with Crippen LogP contribution in [-0.4, -0.2) is 53.0 Å². The van der Waals surface area contributed by atoms with E-state index in [0.29, 0.717) is 11.6 Å². The molecule has 126 valence electrons. The lowest BCUT2D eigenvalue weighted by Gasteiger charge is -2.21. The Labute approximate surface area is 145 Å². The van der Waals surface area contributed by atoms with E-state index in [1.807, 2.05) is 28.6 Å². The molecule has 0 atom stereocenters. The third-order valence-electron chi connectivity index (χ3n) is 4.41. The first-order valence-corrected chi connectivity index (χ1v) is 9.34. The molecule has 4 rings (SSSR count). The fourth-order valence-electron chi connectivity index (χ4n) is 2.91. The van der Waals surface area contributed by atoms with Crippen LogP contribution in [0.4, 0.5) is 10.9 Å². The van der Waals surface area contributed by atoms with Crippen molar-refractivity contribution < 1.29 is 4.79 Å². The number of anilines is 2. The first-order chi connectivity index (χ1) is 11.8. The Morgan fingerprint density at radius 2 is 2.08 bits per heavy atom. The number of hydrogen-bond donors (Lipinski definition) is 1. The summed E-state index contributed by atoms with van der Waals surface area (Å²) in [6.45, 7) is 3.27. The second kappa shape index (κ2) is 6.76. The van der Waals surface area contributed by atoms with Gasteiger partial charge in [-0.05, 0) is 31.4 Å². The predicted molar refractivity (Wildman–Crippen MR) is 95.7 cm³/mol. The highest BCUT2D eigenvalue weighted by Gasteiger charge is 2.23. The summed E-state index contributed by atoms with van der Waals surface area (Å²) in [6, 6.07) is 4.36. The van der Waals surface area contributed by atoms with Crippen LogP contribution in [-0.2, 0) is 0 Å². The van der Waals surface area contributed by atoms with E-state index in [-0.39, 0.29) is 5.91 Å². The Balaban J connectivity index is 1.38. The van der Waals surface area contributed by atoms with E-state index in [9.17, 15) is 4.79 Å². The van der Waals surface area contributed by atoms with E-state index < -0.39 is 0 Å². The van der Waals surface area contributed by atoms with Crippen molar-refractivity contribution in [3.05, 3.63) is 35.5 Å². The van der Waals surface area contributed by atoms with Gasteiger partial charge in [0.2, 0.25) is 0 Å². The molecule has 0 bridgehead atoms. The highest BCUT2D eigenvalue weighted by atomic mass is 32.1. The molecule has 0 aromatic carbocycles. The molecule has 1 aliphatic carbocycles. The van der Waals surface area contributed by atoms with Gasteiger partial charge in [0.25, 0.3) is 5.91 Å². The lowest BCUT2D eigenvalue weighted by molar-refractivity contribution is 0.0766. The number of nitrogens with one attached hydrogen (secondary N) is 1. The van der Waals surface area contributed by atoms with Crippen LogP contribution < -0.4 is 10.2 Å². The molecule has 6 nitrogen and oxygen atoms in total. The maximum absolute atomic E-state index is 12.7. The molecule has 0 spiro atoms. The molecule has 0 unspecified atom stereocenters. The van der Waals surface area contributed by atoms with Crippen LogP contribution in [0.15, 0.2) is 29.9 Å². The van der Waals surface area contributed by atoms with E-state index in [1.54, 1.807) is 17.5 Å². The molecule has 24 heavy (non-hydrogen) atoms. The molecule has 1 amide bonds. The summed E-state index contributed by atoms with van der Waals surface area (Å²) in [7, 11) is 0. The fourth-order valence-corrected chi connectivity index (χ4v) is 3.61. The van der Waals surface area contributed by atoms with Gasteiger partial charge in [-0.2, -0.15) is 0 Å². The first-order valence-electron chi connectivity index (χ1n) is 8.46. The van der Waals surface area contributed by atoms with E-state index >= 15 is 0 Å². The number of amides is 1. The first kappa shape index (κ1) is 15.4. The minimum absolute atomic E-state index is 0.0708. The lowest BCUT2D eigenvalue weighted by atomic mass is 10.2. The summed E-state index contributed by atoms with van der Waals surface area (Å²) in [5.74, 6) is 0.932. The summed E-state index contributed by atoms with van der Waals surface area (Å²) < 4.78 is 0. The largest absolute Gasteiger partial charge is 0.367 e. The molecule has 1 aliphatic heterocycles. The number of carbonyl (C=O) groups excluding carboxylic acids is 1. The maximum atomic E-state index is 12.7. The molecule has 7 heteroatoms. The number of carbonyl (C=O) groups is 1. The standard InChI is InChI=1S/C17H21N5OS/c23-16(13-2-5-15(19-12-13)20-14-3-4-14)21-7-1-8-22(10-9-21)17-18-6-11-24-17/h2,5-6,11-12,14H,1,3-4,7-10H2,(H,19,20). The summed E-state index contributed by atoms with van der Waals surface area (Å²) in [4.78, 5) is 25.7. The molecule has 2 aromatic heterocycles. The van der Waals surface area contributed by atoms with Gasteiger partial charge >= 0.3 is 0 Å². The van der Waals surface area contributed by atoms with Gasteiger partial charge in [0.15, 0.2) is 5.13 Å². The smallest absolute Gasteiger partial charge is 0.255 e. The normalized spacial score (nSPS) is 18.3. The maximum Gasteiger partial charge on any atom is 0.255 e. The molecule has 1 saturated carbocycles. The minimum Gasteiger partial charge on any atom is -0.367 e. The van der Waals surface area contributed by atoms with Crippen molar-refractivity contribution in [3.8, 4) is 0 Å². The zero-order valence-electron chi connectivity index (χ0n) is 13.5. The van der Waals surface area contributed by atoms with Gasteiger partial charge in [-0.1, -0.05) is 0 Å². The Morgan fingerprint density at radius 3 is 2.79 bits per heavy atom. The Bertz CT molecular complexity index is 684. The van der Waals surface area contributed by atoms with Crippen LogP contribution >= 0.6 is 11.3 Å². The van der Waals surface area contributed by atoms with Gasteiger partial charge in [-0.3, -0.25) is 4.79 Å². The number of aromatic nitrogens is 2. The molecule has 2 fully saturated rings. The molecule has 2 aromatic rings. The van der Waals surface area contributed by atoms with Gasteiger partial charge < -0.3 is 15.1 Å². The Morgan fingerprint density at radius 1 is 1.17 bits per heavy atom. The van der Waals surface area contributed by atoms with Crippen molar-refractivity contribution in [2.75, 3.05) is 36.4 Å². The third kappa shape index (κ3) is 3.51. The monoisotopic (exact) mass is 343 g/mol. The van der Waals surface area contributed by atoms with Crippen molar-refractivity contribution in [1.29, 1.82) is 0 Å². The van der Waals surface area contributed by atoms with Gasteiger partial charge in [0.05, 0.1) is 5.56 Å². The van der Waals surface area contributed by atoms with Crippen LogP contribution in [0.5, 0.6) is 0 Å². The average molecular weight is 343 g/mol. The highest BCUT2D eigenvalue weighted by molar-refractivity contribution is 7.13. The van der Waals surface area contributed by atoms with Gasteiger partial charge in [-0.15, -0.1) is 11.3 Å². The second-order valence-corrected chi connectivity index (χ2v) is 7.17. The molecule has 2 aliphatic rings. The summed E-state index contributed by atoms with van der Waals surface area (Å²) in [5.41, 5.74) is 0.666. The van der Waals surface area contributed by atoms with Gasteiger partial charge in [0.1, 0.15) is 5.82 Å². The van der Waals surface area contributed by atoms with Crippen LogP contribution in [0.3, 0.4) is 0 Å². The Hall–Kier alpha value is -2.15. The zero-order chi connectivity index (χ0) is 16.4. The van der Waals surface area contributed by atoms with Crippen LogP contribution in [0.2, 0.25) is 0 Å². The van der Waals surface area contributed by atoms with Crippen LogP contribution in [0, 0.1) is 0 Å². The predicted octanol–water partition coefficient (Wildman–Crippen LogP) is 2.46. The van der Waals surface area contributed by atoms with E-state index in [2.05, 4.69) is 20.2 Å². The molecular formula is C17H21N5OS. The van der Waals surface area contributed by atoms with Gasteiger partial charge in [0, 0.05) is 50.0 Å². The number of pyridine rings is 1. The zero-order valence-corrected chi connectivity index (χ0v) is 14.3. The number of hydrogen-bond acceptors (Lipinski definition) is 6. The Kier molecular flexibility index (Phi) is 4.34. The molecule has 3 heterocycles. The molecule has 1 N–H and O–H groups in total. The van der Waals surface area contributed by atoms with E-state index in [0.717, 1.165) is 43.5 Å². The van der Waals surface area contributed by atoms with Gasteiger partial charge in [-0.25, -0.2) is 9.97 Å². The van der Waals surface area contributed by atoms with E-state index in [1.165, 1.54) is 12.8 Å². The van der Waals surface area contributed by atoms with Crippen molar-refractivity contribution in [2.24, 2.45) is 0 Å². The van der Waals surface area contributed by atoms with Crippen molar-refractivity contribution in [1.82, 2.24) is 14.9 Å². The summed E-state index contributed by atoms with van der Waals surface area (Å²) >= 11 is 1.65. The van der Waals surface area contributed by atoms with Crippen molar-refractivity contribution in [3.63, 3.8) is 0 Å². The van der Waals surface area contributed by atoms with Crippen LogP contribution in [0.1, 0.15) is 29.6 Å². The van der Waals surface area contributed by atoms with Crippen molar-refractivity contribution >= 4 is 28.2 Å². The topological polar surface area (TPSA) is 61.4 Å². The minimum atomic E-state index is 0.0708. The van der Waals surface area contributed by atoms with Crippen molar-refractivity contribution in [2.45, 2.75) is 25.3 Å². The highest BCUT2D eigenvalue weighted by Crippen LogP contribution is 2.24. The van der Waals surface area contributed by atoms with Crippen LogP contribution in [0.25, 0.3) is 0 Å². The number of rotatable bonds is 4. The molecular weight excluding hydrogens is 322 g/mol. The fraction of sp³-hybridized carbons (Fsp3) is 0.471. The number of nitrogens with zero attached hydrogens (tertiary/aromatic N) is 4. The average Bonchev–Trinajstić information content (AvgIpc) is 3.32. The SMILES string of the molecule is O=C(c1ccc(NC2CC2)nc1)N1CCCN(c2nccs2)CC1. The van der Waals surface area contributed by atoms with E-state index in [4.69, 9.17) is 0 Å².